The van der Waals surface area contributed by atoms with Crippen molar-refractivity contribution < 1.29 is 13.6 Å². The first-order valence-corrected chi connectivity index (χ1v) is 5.19. The molecule has 0 atom stereocenters. The molecule has 1 aromatic carbocycles. The second-order valence-electron chi connectivity index (χ2n) is 3.25. The molecule has 18 heavy (non-hydrogen) atoms. The number of benzene rings is 1. The average Bonchev–Trinajstić information content (AvgIpc) is 2.28. The number of hydrogen-bond acceptors (Lipinski definition) is 3. The third kappa shape index (κ3) is 2.60. The Kier molecular flexibility index (Phi) is 3.47. The van der Waals surface area contributed by atoms with Crippen LogP contribution in [-0.2, 0) is 0 Å². The Hall–Kier alpha value is -2.08. The molecule has 1 aromatic heterocycles. The molecule has 2 aromatic rings. The molecule has 4 nitrogen and oxygen atoms in total. The second kappa shape index (κ2) is 5.05. The Bertz CT molecular complexity index is 586. The average molecular weight is 270 g/mol. The summed E-state index contributed by atoms with van der Waals surface area (Å²) >= 11 is 5.59. The summed E-state index contributed by atoms with van der Waals surface area (Å²) < 4.78 is 26.6. The molecule has 0 bridgehead atoms. The molecular formula is C11H6ClF2N3O. The van der Waals surface area contributed by atoms with Crippen molar-refractivity contribution >= 4 is 23.5 Å². The standard InChI is InChI=1S/C11H6ClF2N3O/c12-8-4-5-15-11(16-8)17-10(18)9-6(13)2-1-3-7(9)14/h1-5H,(H,15,16,17,18). The van der Waals surface area contributed by atoms with Gasteiger partial charge in [-0.3, -0.25) is 10.1 Å². The molecule has 0 aliphatic heterocycles. The molecule has 1 heterocycles. The van der Waals surface area contributed by atoms with E-state index in [9.17, 15) is 13.6 Å². The molecule has 0 aliphatic rings. The number of aromatic nitrogens is 2. The van der Waals surface area contributed by atoms with E-state index in [0.717, 1.165) is 18.2 Å². The zero-order valence-corrected chi connectivity index (χ0v) is 9.58. The molecule has 0 aliphatic carbocycles. The lowest BCUT2D eigenvalue weighted by Crippen LogP contribution is -2.17. The zero-order valence-electron chi connectivity index (χ0n) is 8.82. The molecule has 7 heteroatoms. The summed E-state index contributed by atoms with van der Waals surface area (Å²) in [4.78, 5) is 19.0. The van der Waals surface area contributed by atoms with Crippen LogP contribution in [0.5, 0.6) is 0 Å². The third-order valence-corrected chi connectivity index (χ3v) is 2.25. The van der Waals surface area contributed by atoms with Gasteiger partial charge in [-0.05, 0) is 18.2 Å². The minimum absolute atomic E-state index is 0.106. The van der Waals surface area contributed by atoms with Gasteiger partial charge in [-0.25, -0.2) is 18.7 Å². The van der Waals surface area contributed by atoms with E-state index in [0.29, 0.717) is 0 Å². The van der Waals surface area contributed by atoms with Gasteiger partial charge in [-0.1, -0.05) is 17.7 Å². The number of amides is 1. The van der Waals surface area contributed by atoms with Crippen molar-refractivity contribution in [2.24, 2.45) is 0 Å². The van der Waals surface area contributed by atoms with E-state index in [-0.39, 0.29) is 11.1 Å². The summed E-state index contributed by atoms with van der Waals surface area (Å²) in [7, 11) is 0. The highest BCUT2D eigenvalue weighted by Crippen LogP contribution is 2.14. The normalized spacial score (nSPS) is 10.2. The van der Waals surface area contributed by atoms with Gasteiger partial charge in [0.05, 0.1) is 0 Å². The van der Waals surface area contributed by atoms with E-state index in [1.54, 1.807) is 0 Å². The Morgan fingerprint density at radius 1 is 1.22 bits per heavy atom. The number of nitrogens with zero attached hydrogens (tertiary/aromatic N) is 2. The van der Waals surface area contributed by atoms with Gasteiger partial charge < -0.3 is 0 Å². The number of carbonyl (C=O) groups is 1. The smallest absolute Gasteiger partial charge is 0.263 e. The fraction of sp³-hybridized carbons (Fsp3) is 0. The van der Waals surface area contributed by atoms with Crippen LogP contribution >= 0.6 is 11.6 Å². The molecule has 0 saturated heterocycles. The van der Waals surface area contributed by atoms with Crippen LogP contribution in [-0.4, -0.2) is 15.9 Å². The third-order valence-electron chi connectivity index (χ3n) is 2.04. The highest BCUT2D eigenvalue weighted by molar-refractivity contribution is 6.29. The van der Waals surface area contributed by atoms with Gasteiger partial charge in [0.15, 0.2) is 0 Å². The van der Waals surface area contributed by atoms with E-state index < -0.39 is 23.1 Å². The highest BCUT2D eigenvalue weighted by Gasteiger charge is 2.17. The van der Waals surface area contributed by atoms with Crippen molar-refractivity contribution in [1.29, 1.82) is 0 Å². The predicted molar refractivity (Wildman–Crippen MR) is 61.4 cm³/mol. The fourth-order valence-corrected chi connectivity index (χ4v) is 1.41. The van der Waals surface area contributed by atoms with Crippen LogP contribution in [0.15, 0.2) is 30.5 Å². The maximum Gasteiger partial charge on any atom is 0.263 e. The minimum Gasteiger partial charge on any atom is -0.290 e. The van der Waals surface area contributed by atoms with Gasteiger partial charge in [0, 0.05) is 6.20 Å². The Balaban J connectivity index is 2.28. The van der Waals surface area contributed by atoms with Crippen LogP contribution in [0.25, 0.3) is 0 Å². The lowest BCUT2D eigenvalue weighted by molar-refractivity contribution is 0.101. The van der Waals surface area contributed by atoms with E-state index in [4.69, 9.17) is 11.6 Å². The summed E-state index contributed by atoms with van der Waals surface area (Å²) in [5, 5.41) is 2.26. The van der Waals surface area contributed by atoms with Crippen molar-refractivity contribution in [3.8, 4) is 0 Å². The largest absolute Gasteiger partial charge is 0.290 e. The summed E-state index contributed by atoms with van der Waals surface area (Å²) in [5.41, 5.74) is -0.693. The van der Waals surface area contributed by atoms with Crippen molar-refractivity contribution in [2.45, 2.75) is 0 Å². The molecule has 92 valence electrons. The first kappa shape index (κ1) is 12.4. The summed E-state index contributed by atoms with van der Waals surface area (Å²) in [6.45, 7) is 0. The Morgan fingerprint density at radius 2 is 1.89 bits per heavy atom. The molecular weight excluding hydrogens is 264 g/mol. The Morgan fingerprint density at radius 3 is 2.50 bits per heavy atom. The van der Waals surface area contributed by atoms with Crippen molar-refractivity contribution in [3.63, 3.8) is 0 Å². The Labute approximate surface area is 106 Å². The molecule has 0 fully saturated rings. The van der Waals surface area contributed by atoms with Crippen molar-refractivity contribution in [2.75, 3.05) is 5.32 Å². The molecule has 1 amide bonds. The summed E-state index contributed by atoms with van der Waals surface area (Å²) in [5.74, 6) is -3.04. The maximum atomic E-state index is 13.3. The van der Waals surface area contributed by atoms with Crippen LogP contribution in [0, 0.1) is 11.6 Å². The molecule has 0 saturated carbocycles. The summed E-state index contributed by atoms with van der Waals surface area (Å²) in [6, 6.07) is 4.53. The number of rotatable bonds is 2. The minimum atomic E-state index is -0.979. The number of halogens is 3. The van der Waals surface area contributed by atoms with Crippen LogP contribution in [0.3, 0.4) is 0 Å². The predicted octanol–water partition coefficient (Wildman–Crippen LogP) is 2.66. The molecule has 2 rings (SSSR count). The number of nitrogens with one attached hydrogen (secondary N) is 1. The van der Waals surface area contributed by atoms with Crippen LogP contribution in [0.2, 0.25) is 5.15 Å². The van der Waals surface area contributed by atoms with Gasteiger partial charge in [-0.2, -0.15) is 0 Å². The van der Waals surface area contributed by atoms with Crippen molar-refractivity contribution in [3.05, 3.63) is 52.8 Å². The van der Waals surface area contributed by atoms with E-state index >= 15 is 0 Å². The lowest BCUT2D eigenvalue weighted by atomic mass is 10.2. The molecule has 1 N–H and O–H groups in total. The van der Waals surface area contributed by atoms with Gasteiger partial charge in [0.1, 0.15) is 22.4 Å². The van der Waals surface area contributed by atoms with Crippen molar-refractivity contribution in [1.82, 2.24) is 9.97 Å². The van der Waals surface area contributed by atoms with Crippen LogP contribution in [0.4, 0.5) is 14.7 Å². The van der Waals surface area contributed by atoms with Gasteiger partial charge in [0.2, 0.25) is 5.95 Å². The second-order valence-corrected chi connectivity index (χ2v) is 3.64. The first-order chi connectivity index (χ1) is 8.58. The number of carbonyl (C=O) groups excluding carboxylic acids is 1. The highest BCUT2D eigenvalue weighted by atomic mass is 35.5. The van der Waals surface area contributed by atoms with Crippen LogP contribution < -0.4 is 5.32 Å². The summed E-state index contributed by atoms with van der Waals surface area (Å²) in [6.07, 6.45) is 1.31. The van der Waals surface area contributed by atoms with Crippen LogP contribution in [0.1, 0.15) is 10.4 Å². The lowest BCUT2D eigenvalue weighted by Gasteiger charge is -2.05. The SMILES string of the molecule is O=C(Nc1nccc(Cl)n1)c1c(F)cccc1F. The van der Waals surface area contributed by atoms with E-state index in [2.05, 4.69) is 15.3 Å². The van der Waals surface area contributed by atoms with Gasteiger partial charge in [-0.15, -0.1) is 0 Å². The van der Waals surface area contributed by atoms with Gasteiger partial charge >= 0.3 is 0 Å². The molecule has 0 unspecified atom stereocenters. The zero-order chi connectivity index (χ0) is 13.1. The fourth-order valence-electron chi connectivity index (χ4n) is 1.28. The molecule has 0 radical (unpaired) electrons. The first-order valence-electron chi connectivity index (χ1n) is 4.82. The maximum absolute atomic E-state index is 13.3. The number of hydrogen-bond donors (Lipinski definition) is 1. The topological polar surface area (TPSA) is 54.9 Å². The monoisotopic (exact) mass is 269 g/mol. The van der Waals surface area contributed by atoms with E-state index in [1.165, 1.54) is 12.3 Å². The molecule has 0 spiro atoms. The van der Waals surface area contributed by atoms with Gasteiger partial charge in [0.25, 0.3) is 5.91 Å². The number of anilines is 1. The quantitative estimate of drug-likeness (QED) is 0.853. The van der Waals surface area contributed by atoms with E-state index in [1.807, 2.05) is 0 Å².